The van der Waals surface area contributed by atoms with Crippen molar-refractivity contribution < 1.29 is 19.4 Å². The van der Waals surface area contributed by atoms with Crippen molar-refractivity contribution in [2.45, 2.75) is 39.8 Å². The van der Waals surface area contributed by atoms with Gasteiger partial charge in [-0.15, -0.1) is 0 Å². The number of benzene rings is 2. The predicted molar refractivity (Wildman–Crippen MR) is 116 cm³/mol. The number of aliphatic hydroxyl groups is 1. The first-order chi connectivity index (χ1) is 14.0. The topological polar surface area (TPSA) is 79.8 Å². The lowest BCUT2D eigenvalue weighted by atomic mass is 10.1. The fourth-order valence-corrected chi connectivity index (χ4v) is 2.88. The van der Waals surface area contributed by atoms with E-state index in [0.29, 0.717) is 35.4 Å². The average Bonchev–Trinajstić information content (AvgIpc) is 2.71. The Bertz CT molecular complexity index is 792. The summed E-state index contributed by atoms with van der Waals surface area (Å²) in [7, 11) is 0. The molecule has 29 heavy (non-hydrogen) atoms. The number of ether oxygens (including phenoxy) is 2. The first kappa shape index (κ1) is 23.0. The number of aryl methyl sites for hydroxylation is 1. The normalized spacial score (nSPS) is 11.8. The molecule has 0 radical (unpaired) electrons. The molecule has 2 aromatic rings. The zero-order chi connectivity index (χ0) is 21.2. The highest BCUT2D eigenvalue weighted by atomic mass is 35.5. The van der Waals surface area contributed by atoms with Gasteiger partial charge in [-0.1, -0.05) is 36.2 Å². The summed E-state index contributed by atoms with van der Waals surface area (Å²) in [5, 5.41) is 15.9. The number of hydrogen-bond acceptors (Lipinski definition) is 5. The van der Waals surface area contributed by atoms with E-state index in [9.17, 15) is 9.90 Å². The Kier molecular flexibility index (Phi) is 9.25. The van der Waals surface area contributed by atoms with Gasteiger partial charge in [0.2, 0.25) is 0 Å². The van der Waals surface area contributed by atoms with E-state index < -0.39 is 0 Å². The Balaban J connectivity index is 2.03. The standard InChI is InChI=1S/C22H29ClN2O4/c1-4-17(13-26)24-12-16-10-20(28-5-2)21(11-19(16)23)29-14-22(27)25-18-8-6-15(3)7-9-18/h6-11,17,24,26H,4-5,12-14H2,1-3H3,(H,25,27). The maximum atomic E-state index is 12.2. The molecule has 2 aromatic carbocycles. The van der Waals surface area contributed by atoms with Crippen molar-refractivity contribution in [2.75, 3.05) is 25.1 Å². The van der Waals surface area contributed by atoms with Crippen molar-refractivity contribution in [3.8, 4) is 11.5 Å². The van der Waals surface area contributed by atoms with Crippen LogP contribution >= 0.6 is 11.6 Å². The number of halogens is 1. The third-order valence-electron chi connectivity index (χ3n) is 4.40. The number of carbonyl (C=O) groups is 1. The molecule has 0 spiro atoms. The molecule has 0 aliphatic heterocycles. The van der Waals surface area contributed by atoms with Crippen molar-refractivity contribution in [2.24, 2.45) is 0 Å². The maximum absolute atomic E-state index is 12.2. The number of aliphatic hydroxyl groups excluding tert-OH is 1. The second-order valence-corrected chi connectivity index (χ2v) is 7.10. The van der Waals surface area contributed by atoms with Gasteiger partial charge in [0.1, 0.15) is 0 Å². The van der Waals surface area contributed by atoms with Gasteiger partial charge in [-0.05, 0) is 44.0 Å². The van der Waals surface area contributed by atoms with Gasteiger partial charge in [0.15, 0.2) is 18.1 Å². The van der Waals surface area contributed by atoms with Gasteiger partial charge >= 0.3 is 0 Å². The van der Waals surface area contributed by atoms with E-state index in [1.165, 1.54) is 0 Å². The number of amides is 1. The van der Waals surface area contributed by atoms with Gasteiger partial charge in [-0.25, -0.2) is 0 Å². The highest BCUT2D eigenvalue weighted by Gasteiger charge is 2.14. The fourth-order valence-electron chi connectivity index (χ4n) is 2.66. The van der Waals surface area contributed by atoms with E-state index in [1.54, 1.807) is 12.1 Å². The minimum Gasteiger partial charge on any atom is -0.490 e. The average molecular weight is 421 g/mol. The Morgan fingerprint density at radius 1 is 1.14 bits per heavy atom. The van der Waals surface area contributed by atoms with Crippen LogP contribution in [-0.2, 0) is 11.3 Å². The first-order valence-corrected chi connectivity index (χ1v) is 10.1. The fraction of sp³-hybridized carbons (Fsp3) is 0.409. The lowest BCUT2D eigenvalue weighted by molar-refractivity contribution is -0.118. The quantitative estimate of drug-likeness (QED) is 0.513. The molecule has 1 unspecified atom stereocenters. The van der Waals surface area contributed by atoms with Crippen LogP contribution in [0.2, 0.25) is 5.02 Å². The molecule has 1 amide bonds. The summed E-state index contributed by atoms with van der Waals surface area (Å²) in [6.07, 6.45) is 0.809. The Hall–Kier alpha value is -2.28. The smallest absolute Gasteiger partial charge is 0.262 e. The molecule has 0 saturated heterocycles. The molecule has 0 bridgehead atoms. The molecular formula is C22H29ClN2O4. The first-order valence-electron chi connectivity index (χ1n) is 9.75. The summed E-state index contributed by atoms with van der Waals surface area (Å²) in [6, 6.07) is 11.0. The van der Waals surface area contributed by atoms with E-state index >= 15 is 0 Å². The summed E-state index contributed by atoms with van der Waals surface area (Å²) in [4.78, 5) is 12.2. The Morgan fingerprint density at radius 2 is 1.83 bits per heavy atom. The minimum absolute atomic E-state index is 0.00278. The van der Waals surface area contributed by atoms with Gasteiger partial charge in [0.05, 0.1) is 13.2 Å². The van der Waals surface area contributed by atoms with E-state index in [1.807, 2.05) is 45.0 Å². The molecule has 0 aliphatic carbocycles. The van der Waals surface area contributed by atoms with E-state index in [4.69, 9.17) is 21.1 Å². The molecule has 1 atom stereocenters. The molecule has 7 heteroatoms. The van der Waals surface area contributed by atoms with E-state index in [2.05, 4.69) is 10.6 Å². The lowest BCUT2D eigenvalue weighted by Gasteiger charge is -2.17. The highest BCUT2D eigenvalue weighted by Crippen LogP contribution is 2.33. The van der Waals surface area contributed by atoms with Crippen molar-refractivity contribution in [3.63, 3.8) is 0 Å². The van der Waals surface area contributed by atoms with Crippen molar-refractivity contribution in [1.82, 2.24) is 5.32 Å². The molecule has 0 heterocycles. The molecule has 0 fully saturated rings. The molecule has 6 nitrogen and oxygen atoms in total. The Labute approximate surface area is 177 Å². The van der Waals surface area contributed by atoms with Gasteiger partial charge in [0.25, 0.3) is 5.91 Å². The van der Waals surface area contributed by atoms with E-state index in [-0.39, 0.29) is 25.2 Å². The van der Waals surface area contributed by atoms with Crippen LogP contribution in [0.25, 0.3) is 0 Å². The summed E-state index contributed by atoms with van der Waals surface area (Å²) < 4.78 is 11.3. The molecule has 0 aliphatic rings. The van der Waals surface area contributed by atoms with Crippen LogP contribution in [0.15, 0.2) is 36.4 Å². The van der Waals surface area contributed by atoms with Gasteiger partial charge in [0, 0.05) is 29.4 Å². The second-order valence-electron chi connectivity index (χ2n) is 6.69. The number of hydrogen-bond donors (Lipinski definition) is 3. The summed E-state index contributed by atoms with van der Waals surface area (Å²) in [6.45, 7) is 6.70. The monoisotopic (exact) mass is 420 g/mol. The number of rotatable bonds is 11. The third-order valence-corrected chi connectivity index (χ3v) is 4.75. The summed E-state index contributed by atoms with van der Waals surface area (Å²) in [5.74, 6) is 0.662. The molecule has 2 rings (SSSR count). The predicted octanol–water partition coefficient (Wildman–Crippen LogP) is 3.93. The number of anilines is 1. The van der Waals surface area contributed by atoms with Crippen LogP contribution in [0, 0.1) is 6.92 Å². The van der Waals surface area contributed by atoms with E-state index in [0.717, 1.165) is 17.5 Å². The van der Waals surface area contributed by atoms with Crippen LogP contribution in [0.4, 0.5) is 5.69 Å². The zero-order valence-electron chi connectivity index (χ0n) is 17.1. The maximum Gasteiger partial charge on any atom is 0.262 e. The van der Waals surface area contributed by atoms with Crippen molar-refractivity contribution >= 4 is 23.2 Å². The summed E-state index contributed by atoms with van der Waals surface area (Å²) >= 11 is 6.39. The molecular weight excluding hydrogens is 392 g/mol. The number of nitrogens with one attached hydrogen (secondary N) is 2. The Morgan fingerprint density at radius 3 is 2.45 bits per heavy atom. The minimum atomic E-state index is -0.271. The van der Waals surface area contributed by atoms with Crippen LogP contribution in [0.1, 0.15) is 31.4 Å². The van der Waals surface area contributed by atoms with Crippen LogP contribution in [-0.4, -0.2) is 36.9 Å². The zero-order valence-corrected chi connectivity index (χ0v) is 17.9. The molecule has 0 aromatic heterocycles. The van der Waals surface area contributed by atoms with Crippen molar-refractivity contribution in [1.29, 1.82) is 0 Å². The second kappa shape index (κ2) is 11.7. The molecule has 3 N–H and O–H groups in total. The summed E-state index contributed by atoms with van der Waals surface area (Å²) in [5.41, 5.74) is 2.66. The van der Waals surface area contributed by atoms with Crippen LogP contribution in [0.5, 0.6) is 11.5 Å². The third kappa shape index (κ3) is 7.24. The van der Waals surface area contributed by atoms with Crippen LogP contribution in [0.3, 0.4) is 0 Å². The van der Waals surface area contributed by atoms with Crippen LogP contribution < -0.4 is 20.1 Å². The lowest BCUT2D eigenvalue weighted by Crippen LogP contribution is -2.31. The molecule has 0 saturated carbocycles. The largest absolute Gasteiger partial charge is 0.490 e. The van der Waals surface area contributed by atoms with Gasteiger partial charge < -0.3 is 25.2 Å². The van der Waals surface area contributed by atoms with Gasteiger partial charge in [-0.3, -0.25) is 4.79 Å². The van der Waals surface area contributed by atoms with Crippen molar-refractivity contribution in [3.05, 3.63) is 52.5 Å². The van der Waals surface area contributed by atoms with Gasteiger partial charge in [-0.2, -0.15) is 0 Å². The molecule has 158 valence electrons. The SMILES string of the molecule is CCOc1cc(CNC(CC)CO)c(Cl)cc1OCC(=O)Nc1ccc(C)cc1. The number of carbonyl (C=O) groups excluding carboxylic acids is 1. The highest BCUT2D eigenvalue weighted by molar-refractivity contribution is 6.31.